The molecule has 1 rings (SSSR count). The number of hydrogen-bond donors (Lipinski definition) is 1. The molecule has 0 aromatic heterocycles. The Hall–Kier alpha value is -0.850. The first-order chi connectivity index (χ1) is 11.5. The molecular formula is C17H27BrClN3O2. The Kier molecular flexibility index (Phi) is 11.0. The smallest absolute Gasteiger partial charge is 0.224 e. The maximum absolute atomic E-state index is 11.9. The van der Waals surface area contributed by atoms with Crippen LogP contribution >= 0.6 is 27.5 Å². The molecule has 1 heterocycles. The fourth-order valence-electron chi connectivity index (χ4n) is 2.21. The Morgan fingerprint density at radius 1 is 1.50 bits per heavy atom. The molecule has 1 saturated heterocycles. The zero-order valence-electron chi connectivity index (χ0n) is 14.5. The van der Waals surface area contributed by atoms with Gasteiger partial charge >= 0.3 is 0 Å². The van der Waals surface area contributed by atoms with Gasteiger partial charge in [-0.05, 0) is 35.7 Å². The minimum Gasteiger partial charge on any atom is -0.384 e. The lowest BCUT2D eigenvalue weighted by atomic mass is 10.2. The molecule has 1 amide bonds. The fourth-order valence-corrected chi connectivity index (χ4v) is 2.66. The molecule has 24 heavy (non-hydrogen) atoms. The number of carbonyl (C=O) groups excluding carboxylic acids is 1. The van der Waals surface area contributed by atoms with Crippen LogP contribution in [0.4, 0.5) is 0 Å². The molecular weight excluding hydrogens is 394 g/mol. The van der Waals surface area contributed by atoms with E-state index in [1.54, 1.807) is 13.1 Å². The third kappa shape index (κ3) is 8.85. The van der Waals surface area contributed by atoms with Crippen molar-refractivity contribution in [1.82, 2.24) is 10.2 Å². The minimum absolute atomic E-state index is 0.183. The Morgan fingerprint density at radius 3 is 3.00 bits per heavy atom. The Labute approximate surface area is 158 Å². The van der Waals surface area contributed by atoms with E-state index in [9.17, 15) is 4.79 Å². The normalized spacial score (nSPS) is 17.9. The van der Waals surface area contributed by atoms with E-state index in [-0.39, 0.29) is 5.91 Å². The van der Waals surface area contributed by atoms with Gasteiger partial charge in [-0.2, -0.15) is 0 Å². The van der Waals surface area contributed by atoms with E-state index in [1.807, 2.05) is 4.90 Å². The van der Waals surface area contributed by atoms with Gasteiger partial charge in [0, 0.05) is 31.5 Å². The van der Waals surface area contributed by atoms with E-state index in [1.165, 1.54) is 0 Å². The van der Waals surface area contributed by atoms with Crippen LogP contribution < -0.4 is 5.32 Å². The average Bonchev–Trinajstić information content (AvgIpc) is 2.76. The average molecular weight is 421 g/mol. The van der Waals surface area contributed by atoms with E-state index in [0.29, 0.717) is 31.4 Å². The first-order valence-corrected chi connectivity index (χ1v) is 9.57. The highest BCUT2D eigenvalue weighted by Gasteiger charge is 2.15. The van der Waals surface area contributed by atoms with Gasteiger partial charge in [0.15, 0.2) is 0 Å². The quantitative estimate of drug-likeness (QED) is 0.351. The highest BCUT2D eigenvalue weighted by Crippen LogP contribution is 2.16. The van der Waals surface area contributed by atoms with Gasteiger partial charge < -0.3 is 15.0 Å². The minimum atomic E-state index is 0.183. The third-order valence-electron chi connectivity index (χ3n) is 3.49. The second-order valence-electron chi connectivity index (χ2n) is 5.53. The van der Waals surface area contributed by atoms with Crippen molar-refractivity contribution in [2.24, 2.45) is 4.99 Å². The summed E-state index contributed by atoms with van der Waals surface area (Å²) in [6.07, 6.45) is 7.27. The SMILES string of the molecule is CCC/C=C(NCCCN1CCOCCC1=O)/C(Br)=C\N=C(C)Cl. The number of aliphatic imine (C=N–C) groups is 1. The maximum atomic E-state index is 11.9. The number of carbonyl (C=O) groups is 1. The molecule has 0 aromatic rings. The molecule has 0 unspecified atom stereocenters. The first kappa shape index (κ1) is 21.2. The van der Waals surface area contributed by atoms with Crippen LogP contribution in [0.2, 0.25) is 0 Å². The third-order valence-corrected chi connectivity index (χ3v) is 4.22. The summed E-state index contributed by atoms with van der Waals surface area (Å²) in [5.41, 5.74) is 1.00. The largest absolute Gasteiger partial charge is 0.384 e. The van der Waals surface area contributed by atoms with Crippen molar-refractivity contribution in [2.45, 2.75) is 39.5 Å². The lowest BCUT2D eigenvalue weighted by Crippen LogP contribution is -2.34. The molecule has 0 saturated carbocycles. The second kappa shape index (κ2) is 12.5. The second-order valence-corrected chi connectivity index (χ2v) is 6.93. The van der Waals surface area contributed by atoms with Crippen LogP contribution in [0.3, 0.4) is 0 Å². The number of nitrogens with zero attached hydrogens (tertiary/aromatic N) is 2. The maximum Gasteiger partial charge on any atom is 0.224 e. The van der Waals surface area contributed by atoms with E-state index in [0.717, 1.165) is 42.5 Å². The number of ether oxygens (including phenoxy) is 1. The van der Waals surface area contributed by atoms with Crippen molar-refractivity contribution >= 4 is 38.6 Å². The van der Waals surface area contributed by atoms with Crippen molar-refractivity contribution < 1.29 is 9.53 Å². The molecule has 5 nitrogen and oxygen atoms in total. The van der Waals surface area contributed by atoms with Gasteiger partial charge in [-0.25, -0.2) is 4.99 Å². The summed E-state index contributed by atoms with van der Waals surface area (Å²) in [7, 11) is 0. The number of amides is 1. The molecule has 7 heteroatoms. The number of hydrogen-bond acceptors (Lipinski definition) is 4. The summed E-state index contributed by atoms with van der Waals surface area (Å²) >= 11 is 9.30. The molecule has 0 atom stereocenters. The van der Waals surface area contributed by atoms with Crippen molar-refractivity contribution in [1.29, 1.82) is 0 Å². The zero-order chi connectivity index (χ0) is 17.8. The van der Waals surface area contributed by atoms with Crippen LogP contribution in [0.1, 0.15) is 39.5 Å². The summed E-state index contributed by atoms with van der Waals surface area (Å²) in [6.45, 7) is 7.26. The van der Waals surface area contributed by atoms with Crippen molar-refractivity contribution in [2.75, 3.05) is 32.8 Å². The summed E-state index contributed by atoms with van der Waals surface area (Å²) in [5.74, 6) is 0.183. The molecule has 0 spiro atoms. The Bertz CT molecular complexity index is 488. The zero-order valence-corrected chi connectivity index (χ0v) is 16.8. The van der Waals surface area contributed by atoms with Crippen molar-refractivity contribution in [3.05, 3.63) is 22.5 Å². The van der Waals surface area contributed by atoms with E-state index in [2.05, 4.69) is 39.2 Å². The predicted octanol–water partition coefficient (Wildman–Crippen LogP) is 3.79. The summed E-state index contributed by atoms with van der Waals surface area (Å²) in [4.78, 5) is 17.9. The first-order valence-electron chi connectivity index (χ1n) is 8.40. The van der Waals surface area contributed by atoms with Crippen molar-refractivity contribution in [3.63, 3.8) is 0 Å². The van der Waals surface area contributed by atoms with Gasteiger partial charge in [-0.3, -0.25) is 4.79 Å². The fraction of sp³-hybridized carbons (Fsp3) is 0.647. The standard InChI is InChI=1S/C17H27BrClN3O2/c1-3-4-6-16(15(18)13-21-14(2)19)20-8-5-9-22-10-12-24-11-7-17(22)23/h6,13,20H,3-5,7-12H2,1-2H3/b15-13+,16-6-,21-14?. The molecule has 0 aliphatic carbocycles. The molecule has 1 aliphatic heterocycles. The lowest BCUT2D eigenvalue weighted by molar-refractivity contribution is -0.130. The Morgan fingerprint density at radius 2 is 2.29 bits per heavy atom. The van der Waals surface area contributed by atoms with Crippen LogP contribution in [0.25, 0.3) is 0 Å². The van der Waals surface area contributed by atoms with Gasteiger partial charge in [0.2, 0.25) is 5.91 Å². The predicted molar refractivity (Wildman–Crippen MR) is 104 cm³/mol. The van der Waals surface area contributed by atoms with Gasteiger partial charge in [-0.15, -0.1) is 0 Å². The number of nitrogens with one attached hydrogen (secondary N) is 1. The summed E-state index contributed by atoms with van der Waals surface area (Å²) in [6, 6.07) is 0. The summed E-state index contributed by atoms with van der Waals surface area (Å²) < 4.78 is 6.21. The molecule has 0 aromatic carbocycles. The number of unbranched alkanes of at least 4 members (excludes halogenated alkanes) is 1. The summed E-state index contributed by atoms with van der Waals surface area (Å²) in [5, 5.41) is 3.90. The highest BCUT2D eigenvalue weighted by atomic mass is 79.9. The van der Waals surface area contributed by atoms with Crippen LogP contribution in [-0.2, 0) is 9.53 Å². The molecule has 0 radical (unpaired) electrons. The topological polar surface area (TPSA) is 53.9 Å². The van der Waals surface area contributed by atoms with Gasteiger partial charge in [-0.1, -0.05) is 31.0 Å². The van der Waals surface area contributed by atoms with E-state index >= 15 is 0 Å². The van der Waals surface area contributed by atoms with E-state index < -0.39 is 0 Å². The van der Waals surface area contributed by atoms with Crippen LogP contribution in [0, 0.1) is 0 Å². The van der Waals surface area contributed by atoms with Crippen LogP contribution in [0.5, 0.6) is 0 Å². The van der Waals surface area contributed by atoms with Crippen LogP contribution in [-0.4, -0.2) is 48.8 Å². The molecule has 136 valence electrons. The number of rotatable bonds is 9. The molecule has 1 N–H and O–H groups in total. The Balaban J connectivity index is 2.48. The van der Waals surface area contributed by atoms with Gasteiger partial charge in [0.05, 0.1) is 24.1 Å². The molecule has 0 bridgehead atoms. The molecule has 1 fully saturated rings. The highest BCUT2D eigenvalue weighted by molar-refractivity contribution is 9.12. The van der Waals surface area contributed by atoms with Crippen LogP contribution in [0.15, 0.2) is 27.4 Å². The molecule has 1 aliphatic rings. The van der Waals surface area contributed by atoms with Crippen molar-refractivity contribution in [3.8, 4) is 0 Å². The van der Waals surface area contributed by atoms with Gasteiger partial charge in [0.25, 0.3) is 0 Å². The van der Waals surface area contributed by atoms with Gasteiger partial charge in [0.1, 0.15) is 5.17 Å². The monoisotopic (exact) mass is 419 g/mol. The van der Waals surface area contributed by atoms with E-state index in [4.69, 9.17) is 16.3 Å². The number of halogens is 2. The lowest BCUT2D eigenvalue weighted by Gasteiger charge is -2.20. The number of allylic oxidation sites excluding steroid dienone is 2.